The van der Waals surface area contributed by atoms with Crippen LogP contribution in [0.4, 0.5) is 0 Å². The van der Waals surface area contributed by atoms with Crippen LogP contribution in [0.5, 0.6) is 11.5 Å². The topological polar surface area (TPSA) is 50.7 Å². The molecule has 114 valence electrons. The molecule has 1 aromatic carbocycles. The fourth-order valence-corrected chi connectivity index (χ4v) is 1.96. The minimum Gasteiger partial charge on any atom is -0.493 e. The predicted molar refractivity (Wildman–Crippen MR) is 81.3 cm³/mol. The van der Waals surface area contributed by atoms with Crippen molar-refractivity contribution in [2.24, 2.45) is 5.92 Å². The van der Waals surface area contributed by atoms with Gasteiger partial charge in [-0.3, -0.25) is 0 Å². The van der Waals surface area contributed by atoms with Crippen molar-refractivity contribution in [1.29, 1.82) is 0 Å². The van der Waals surface area contributed by atoms with Crippen molar-refractivity contribution in [1.82, 2.24) is 5.32 Å². The van der Waals surface area contributed by atoms with E-state index >= 15 is 0 Å². The Labute approximate surface area is 122 Å². The molecule has 0 aliphatic rings. The molecule has 0 bridgehead atoms. The highest BCUT2D eigenvalue weighted by Crippen LogP contribution is 2.28. The van der Waals surface area contributed by atoms with E-state index in [9.17, 15) is 0 Å². The smallest absolute Gasteiger partial charge is 0.161 e. The molecule has 0 aliphatic carbocycles. The van der Waals surface area contributed by atoms with E-state index in [-0.39, 0.29) is 12.7 Å². The summed E-state index contributed by atoms with van der Waals surface area (Å²) in [6.45, 7) is 8.05. The predicted octanol–water partition coefficient (Wildman–Crippen LogP) is 2.59. The van der Waals surface area contributed by atoms with Crippen LogP contribution in [0.1, 0.15) is 32.8 Å². The highest BCUT2D eigenvalue weighted by molar-refractivity contribution is 5.43. The first-order valence-electron chi connectivity index (χ1n) is 7.22. The third kappa shape index (κ3) is 5.80. The molecule has 1 atom stereocenters. The van der Waals surface area contributed by atoms with E-state index in [1.165, 1.54) is 0 Å². The molecule has 0 aromatic heterocycles. The Bertz CT molecular complexity index is 393. The number of aliphatic hydroxyl groups excluding tert-OH is 1. The van der Waals surface area contributed by atoms with Crippen LogP contribution in [0.25, 0.3) is 0 Å². The maximum absolute atomic E-state index is 8.87. The lowest BCUT2D eigenvalue weighted by Crippen LogP contribution is -2.21. The molecule has 0 saturated carbocycles. The molecule has 20 heavy (non-hydrogen) atoms. The monoisotopic (exact) mass is 281 g/mol. The number of aliphatic hydroxyl groups is 1. The number of rotatable bonds is 9. The van der Waals surface area contributed by atoms with Gasteiger partial charge < -0.3 is 19.9 Å². The van der Waals surface area contributed by atoms with Crippen molar-refractivity contribution in [3.63, 3.8) is 0 Å². The van der Waals surface area contributed by atoms with Gasteiger partial charge in [0.1, 0.15) is 0 Å². The fourth-order valence-electron chi connectivity index (χ4n) is 1.96. The van der Waals surface area contributed by atoms with Gasteiger partial charge in [0.2, 0.25) is 0 Å². The molecule has 0 heterocycles. The largest absolute Gasteiger partial charge is 0.493 e. The van der Waals surface area contributed by atoms with Gasteiger partial charge in [-0.05, 0) is 50.4 Å². The lowest BCUT2D eigenvalue weighted by Gasteiger charge is -2.15. The van der Waals surface area contributed by atoms with Crippen LogP contribution in [0.2, 0.25) is 0 Å². The van der Waals surface area contributed by atoms with E-state index in [2.05, 4.69) is 12.2 Å². The van der Waals surface area contributed by atoms with Gasteiger partial charge in [0.15, 0.2) is 11.5 Å². The number of ether oxygens (including phenoxy) is 2. The van der Waals surface area contributed by atoms with Crippen LogP contribution < -0.4 is 14.8 Å². The van der Waals surface area contributed by atoms with E-state index < -0.39 is 0 Å². The average Bonchev–Trinajstić information content (AvgIpc) is 2.40. The quantitative estimate of drug-likeness (QED) is 0.730. The summed E-state index contributed by atoms with van der Waals surface area (Å²) in [5.41, 5.74) is 1.16. The van der Waals surface area contributed by atoms with Crippen molar-refractivity contribution in [3.05, 3.63) is 23.8 Å². The zero-order chi connectivity index (χ0) is 15.0. The molecular formula is C16H27NO3. The van der Waals surface area contributed by atoms with Crippen LogP contribution in [-0.4, -0.2) is 31.5 Å². The van der Waals surface area contributed by atoms with E-state index in [1.54, 1.807) is 7.11 Å². The third-order valence-corrected chi connectivity index (χ3v) is 3.03. The van der Waals surface area contributed by atoms with Crippen LogP contribution in [0, 0.1) is 5.92 Å². The summed E-state index contributed by atoms with van der Waals surface area (Å²) in [4.78, 5) is 0. The second kappa shape index (κ2) is 8.82. The molecule has 0 radical (unpaired) electrons. The number of nitrogens with one attached hydrogen (secondary N) is 1. The zero-order valence-electron chi connectivity index (χ0n) is 13.0. The third-order valence-electron chi connectivity index (χ3n) is 3.03. The Balaban J connectivity index is 2.55. The molecular weight excluding hydrogens is 254 g/mol. The molecule has 1 unspecified atom stereocenters. The van der Waals surface area contributed by atoms with Gasteiger partial charge in [-0.15, -0.1) is 0 Å². The normalized spacial score (nSPS) is 12.5. The van der Waals surface area contributed by atoms with Gasteiger partial charge >= 0.3 is 0 Å². The molecule has 0 amide bonds. The standard InChI is InChI=1S/C16H27NO3/c1-12(2)20-15-6-5-14(9-16(15)19-4)11-17-10-13(3)7-8-18/h5-6,9,12-13,17-18H,7-8,10-11H2,1-4H3. The van der Waals surface area contributed by atoms with E-state index in [0.717, 1.165) is 36.6 Å². The first-order chi connectivity index (χ1) is 9.56. The van der Waals surface area contributed by atoms with Gasteiger partial charge in [0.25, 0.3) is 0 Å². The van der Waals surface area contributed by atoms with Gasteiger partial charge in [-0.25, -0.2) is 0 Å². The SMILES string of the molecule is COc1cc(CNCC(C)CCO)ccc1OC(C)C. The molecule has 2 N–H and O–H groups in total. The summed E-state index contributed by atoms with van der Waals surface area (Å²) in [5.74, 6) is 2.02. The highest BCUT2D eigenvalue weighted by atomic mass is 16.5. The van der Waals surface area contributed by atoms with Gasteiger partial charge in [0, 0.05) is 13.2 Å². The number of hydrogen-bond acceptors (Lipinski definition) is 4. The Morgan fingerprint density at radius 2 is 1.95 bits per heavy atom. The molecule has 0 fully saturated rings. The second-order valence-electron chi connectivity index (χ2n) is 5.40. The molecule has 0 spiro atoms. The minimum absolute atomic E-state index is 0.132. The lowest BCUT2D eigenvalue weighted by molar-refractivity contribution is 0.230. The van der Waals surface area contributed by atoms with Crippen LogP contribution in [0.15, 0.2) is 18.2 Å². The van der Waals surface area contributed by atoms with Crippen molar-refractivity contribution >= 4 is 0 Å². The lowest BCUT2D eigenvalue weighted by atomic mass is 10.1. The summed E-state index contributed by atoms with van der Waals surface area (Å²) in [6, 6.07) is 6.00. The van der Waals surface area contributed by atoms with Crippen molar-refractivity contribution < 1.29 is 14.6 Å². The summed E-state index contributed by atoms with van der Waals surface area (Å²) < 4.78 is 11.1. The Morgan fingerprint density at radius 1 is 1.20 bits per heavy atom. The van der Waals surface area contributed by atoms with Crippen molar-refractivity contribution in [2.45, 2.75) is 39.8 Å². The Hall–Kier alpha value is -1.26. The van der Waals surface area contributed by atoms with Crippen LogP contribution in [-0.2, 0) is 6.54 Å². The van der Waals surface area contributed by atoms with Gasteiger partial charge in [-0.2, -0.15) is 0 Å². The maximum Gasteiger partial charge on any atom is 0.161 e. The van der Waals surface area contributed by atoms with E-state index in [1.807, 2.05) is 32.0 Å². The first kappa shape index (κ1) is 16.8. The zero-order valence-corrected chi connectivity index (χ0v) is 13.0. The molecule has 1 rings (SSSR count). The summed E-state index contributed by atoms with van der Waals surface area (Å²) >= 11 is 0. The number of methoxy groups -OCH3 is 1. The average molecular weight is 281 g/mol. The van der Waals surface area contributed by atoms with E-state index in [0.29, 0.717) is 5.92 Å². The summed E-state index contributed by atoms with van der Waals surface area (Å²) in [6.07, 6.45) is 0.963. The van der Waals surface area contributed by atoms with Crippen molar-refractivity contribution in [2.75, 3.05) is 20.3 Å². The van der Waals surface area contributed by atoms with Crippen molar-refractivity contribution in [3.8, 4) is 11.5 Å². The minimum atomic E-state index is 0.132. The van der Waals surface area contributed by atoms with Crippen LogP contribution >= 0.6 is 0 Å². The molecule has 0 aliphatic heterocycles. The van der Waals surface area contributed by atoms with Crippen LogP contribution in [0.3, 0.4) is 0 Å². The van der Waals surface area contributed by atoms with E-state index in [4.69, 9.17) is 14.6 Å². The van der Waals surface area contributed by atoms with Gasteiger partial charge in [-0.1, -0.05) is 13.0 Å². The first-order valence-corrected chi connectivity index (χ1v) is 7.22. The molecule has 1 aromatic rings. The number of benzene rings is 1. The molecule has 0 saturated heterocycles. The highest BCUT2D eigenvalue weighted by Gasteiger charge is 2.08. The Morgan fingerprint density at radius 3 is 2.55 bits per heavy atom. The molecule has 4 heteroatoms. The fraction of sp³-hybridized carbons (Fsp3) is 0.625. The number of hydrogen-bond donors (Lipinski definition) is 2. The molecule has 4 nitrogen and oxygen atoms in total. The Kier molecular flexibility index (Phi) is 7.41. The summed E-state index contributed by atoms with van der Waals surface area (Å²) in [7, 11) is 1.66. The second-order valence-corrected chi connectivity index (χ2v) is 5.40. The summed E-state index contributed by atoms with van der Waals surface area (Å²) in [5, 5.41) is 12.3. The van der Waals surface area contributed by atoms with Gasteiger partial charge in [0.05, 0.1) is 13.2 Å². The maximum atomic E-state index is 8.87.